The normalized spacial score (nSPS) is 21.4. The second kappa shape index (κ2) is 7.55. The molecule has 0 radical (unpaired) electrons. The van der Waals surface area contributed by atoms with E-state index < -0.39 is 5.92 Å². The standard InChI is InChI=1S/C21H26N2O4/c1-21(2)11-16-19(17(24)12-21)15(10-18(25)23-16)20(26)22-9-8-13-4-6-14(27-3)7-5-13/h4-7,15H,8-12H2,1-3H3,(H,22,26)(H,23,25). The van der Waals surface area contributed by atoms with E-state index in [1.165, 1.54) is 0 Å². The zero-order valence-corrected chi connectivity index (χ0v) is 16.1. The van der Waals surface area contributed by atoms with E-state index in [0.717, 1.165) is 11.3 Å². The van der Waals surface area contributed by atoms with Crippen LogP contribution in [0.5, 0.6) is 5.75 Å². The van der Waals surface area contributed by atoms with Gasteiger partial charge < -0.3 is 15.4 Å². The third-order valence-electron chi connectivity index (χ3n) is 5.14. The van der Waals surface area contributed by atoms with Crippen LogP contribution in [0.2, 0.25) is 0 Å². The molecular formula is C21H26N2O4. The first-order valence-electron chi connectivity index (χ1n) is 9.26. The number of allylic oxidation sites excluding steroid dienone is 1. The molecule has 2 N–H and O–H groups in total. The number of Topliss-reactive ketones (excluding diaryl/α,β-unsaturated/α-hetero) is 1. The highest BCUT2D eigenvalue weighted by atomic mass is 16.5. The van der Waals surface area contributed by atoms with Crippen molar-refractivity contribution < 1.29 is 19.1 Å². The second-order valence-electron chi connectivity index (χ2n) is 8.03. The minimum Gasteiger partial charge on any atom is -0.497 e. The number of methoxy groups -OCH3 is 1. The average Bonchev–Trinajstić information content (AvgIpc) is 2.60. The third-order valence-corrected chi connectivity index (χ3v) is 5.14. The number of hydrogen-bond donors (Lipinski definition) is 2. The minimum atomic E-state index is -0.687. The van der Waals surface area contributed by atoms with Gasteiger partial charge in [-0.2, -0.15) is 0 Å². The second-order valence-corrected chi connectivity index (χ2v) is 8.03. The van der Waals surface area contributed by atoms with Crippen molar-refractivity contribution in [1.29, 1.82) is 0 Å². The zero-order chi connectivity index (χ0) is 19.6. The van der Waals surface area contributed by atoms with Crippen LogP contribution >= 0.6 is 0 Å². The molecule has 1 atom stereocenters. The molecule has 1 unspecified atom stereocenters. The summed E-state index contributed by atoms with van der Waals surface area (Å²) in [5.41, 5.74) is 2.00. The Balaban J connectivity index is 1.66. The molecular weight excluding hydrogens is 344 g/mol. The molecule has 0 saturated carbocycles. The van der Waals surface area contributed by atoms with Gasteiger partial charge in [0.2, 0.25) is 11.8 Å². The van der Waals surface area contributed by atoms with Gasteiger partial charge in [-0.1, -0.05) is 26.0 Å². The third kappa shape index (κ3) is 4.38. The van der Waals surface area contributed by atoms with E-state index in [1.54, 1.807) is 7.11 Å². The van der Waals surface area contributed by atoms with Gasteiger partial charge >= 0.3 is 0 Å². The fourth-order valence-corrected chi connectivity index (χ4v) is 3.83. The maximum Gasteiger partial charge on any atom is 0.228 e. The molecule has 1 heterocycles. The van der Waals surface area contributed by atoms with Gasteiger partial charge in [0, 0.05) is 30.7 Å². The number of rotatable bonds is 5. The summed E-state index contributed by atoms with van der Waals surface area (Å²) >= 11 is 0. The van der Waals surface area contributed by atoms with Crippen LogP contribution in [0.1, 0.15) is 38.7 Å². The summed E-state index contributed by atoms with van der Waals surface area (Å²) in [6.45, 7) is 4.45. The molecule has 2 aliphatic rings. The molecule has 2 amide bonds. The Morgan fingerprint density at radius 2 is 1.93 bits per heavy atom. The van der Waals surface area contributed by atoms with Crippen LogP contribution in [0.4, 0.5) is 0 Å². The van der Waals surface area contributed by atoms with Crippen LogP contribution in [-0.2, 0) is 20.8 Å². The fraction of sp³-hybridized carbons (Fsp3) is 0.476. The number of carbonyl (C=O) groups excluding carboxylic acids is 3. The van der Waals surface area contributed by atoms with Crippen LogP contribution < -0.4 is 15.4 Å². The topological polar surface area (TPSA) is 84.5 Å². The van der Waals surface area contributed by atoms with Gasteiger partial charge in [0.25, 0.3) is 0 Å². The molecule has 144 valence electrons. The van der Waals surface area contributed by atoms with Crippen LogP contribution in [0.15, 0.2) is 35.5 Å². The van der Waals surface area contributed by atoms with Gasteiger partial charge in [-0.3, -0.25) is 14.4 Å². The van der Waals surface area contributed by atoms with Crippen LogP contribution in [0.3, 0.4) is 0 Å². The monoisotopic (exact) mass is 370 g/mol. The summed E-state index contributed by atoms with van der Waals surface area (Å²) in [6, 6.07) is 7.66. The van der Waals surface area contributed by atoms with Crippen molar-refractivity contribution >= 4 is 17.6 Å². The smallest absolute Gasteiger partial charge is 0.228 e. The van der Waals surface area contributed by atoms with E-state index in [2.05, 4.69) is 10.6 Å². The molecule has 0 saturated heterocycles. The van der Waals surface area contributed by atoms with Crippen molar-refractivity contribution in [2.45, 2.75) is 39.5 Å². The van der Waals surface area contributed by atoms with Gasteiger partial charge in [0.05, 0.1) is 13.0 Å². The molecule has 0 bridgehead atoms. The Bertz CT molecular complexity index is 793. The van der Waals surface area contributed by atoms with E-state index in [1.807, 2.05) is 38.1 Å². The lowest BCUT2D eigenvalue weighted by molar-refractivity contribution is -0.132. The molecule has 1 aliphatic carbocycles. The maximum atomic E-state index is 12.7. The maximum absolute atomic E-state index is 12.7. The lowest BCUT2D eigenvalue weighted by Gasteiger charge is -2.37. The molecule has 6 heteroatoms. The number of ketones is 1. The van der Waals surface area contributed by atoms with Crippen LogP contribution in [0.25, 0.3) is 0 Å². The van der Waals surface area contributed by atoms with Gasteiger partial charge in [-0.05, 0) is 36.0 Å². The quantitative estimate of drug-likeness (QED) is 0.832. The Labute approximate surface area is 159 Å². The highest BCUT2D eigenvalue weighted by Gasteiger charge is 2.42. The van der Waals surface area contributed by atoms with Crippen molar-refractivity contribution in [2.75, 3.05) is 13.7 Å². The minimum absolute atomic E-state index is 0.0272. The molecule has 3 rings (SSSR count). The molecule has 0 spiro atoms. The summed E-state index contributed by atoms with van der Waals surface area (Å²) in [5.74, 6) is -0.382. The molecule has 27 heavy (non-hydrogen) atoms. The largest absolute Gasteiger partial charge is 0.497 e. The van der Waals surface area contributed by atoms with Crippen molar-refractivity contribution in [1.82, 2.24) is 10.6 Å². The molecule has 1 aromatic rings. The first-order chi connectivity index (χ1) is 12.8. The van der Waals surface area contributed by atoms with Gasteiger partial charge in [0.15, 0.2) is 5.78 Å². The van der Waals surface area contributed by atoms with Crippen LogP contribution in [-0.4, -0.2) is 31.3 Å². The van der Waals surface area contributed by atoms with E-state index >= 15 is 0 Å². The Morgan fingerprint density at radius 3 is 2.59 bits per heavy atom. The van der Waals surface area contributed by atoms with Crippen LogP contribution in [0, 0.1) is 11.3 Å². The molecule has 0 fully saturated rings. The van der Waals surface area contributed by atoms with Gasteiger partial charge in [0.1, 0.15) is 5.75 Å². The Hall–Kier alpha value is -2.63. The fourth-order valence-electron chi connectivity index (χ4n) is 3.83. The van der Waals surface area contributed by atoms with E-state index in [0.29, 0.717) is 37.1 Å². The summed E-state index contributed by atoms with van der Waals surface area (Å²) < 4.78 is 5.13. The van der Waals surface area contributed by atoms with Crippen molar-refractivity contribution in [2.24, 2.45) is 11.3 Å². The molecule has 1 aromatic carbocycles. The first-order valence-corrected chi connectivity index (χ1v) is 9.26. The van der Waals surface area contributed by atoms with Crippen molar-refractivity contribution in [3.8, 4) is 5.75 Å². The number of hydrogen-bond acceptors (Lipinski definition) is 4. The first kappa shape index (κ1) is 19.1. The number of amides is 2. The number of ether oxygens (including phenoxy) is 1. The predicted molar refractivity (Wildman–Crippen MR) is 101 cm³/mol. The summed E-state index contributed by atoms with van der Waals surface area (Å²) in [4.78, 5) is 37.4. The summed E-state index contributed by atoms with van der Waals surface area (Å²) in [7, 11) is 1.62. The summed E-state index contributed by atoms with van der Waals surface area (Å²) in [5, 5.41) is 5.70. The zero-order valence-electron chi connectivity index (χ0n) is 16.1. The highest BCUT2D eigenvalue weighted by molar-refractivity contribution is 6.06. The van der Waals surface area contributed by atoms with Gasteiger partial charge in [-0.25, -0.2) is 0 Å². The predicted octanol–water partition coefficient (Wildman–Crippen LogP) is 2.13. The lowest BCUT2D eigenvalue weighted by atomic mass is 9.71. The van der Waals surface area contributed by atoms with Crippen molar-refractivity contribution in [3.05, 3.63) is 41.1 Å². The summed E-state index contributed by atoms with van der Waals surface area (Å²) in [6.07, 6.45) is 1.70. The Morgan fingerprint density at radius 1 is 1.22 bits per heavy atom. The molecule has 6 nitrogen and oxygen atoms in total. The van der Waals surface area contributed by atoms with Gasteiger partial charge in [-0.15, -0.1) is 0 Å². The van der Waals surface area contributed by atoms with E-state index in [4.69, 9.17) is 4.74 Å². The van der Waals surface area contributed by atoms with Crippen molar-refractivity contribution in [3.63, 3.8) is 0 Å². The SMILES string of the molecule is COc1ccc(CCNC(=O)C2CC(=O)NC3=C2C(=O)CC(C)(C)C3)cc1. The number of nitrogens with one attached hydrogen (secondary N) is 2. The lowest BCUT2D eigenvalue weighted by Crippen LogP contribution is -2.46. The average molecular weight is 370 g/mol. The Kier molecular flexibility index (Phi) is 5.35. The number of carbonyl (C=O) groups is 3. The number of benzene rings is 1. The molecule has 1 aliphatic heterocycles. The van der Waals surface area contributed by atoms with E-state index in [9.17, 15) is 14.4 Å². The highest BCUT2D eigenvalue weighted by Crippen LogP contribution is 2.40. The van der Waals surface area contributed by atoms with E-state index in [-0.39, 0.29) is 29.4 Å². The molecule has 0 aromatic heterocycles.